The summed E-state index contributed by atoms with van der Waals surface area (Å²) in [7, 11) is 0. The van der Waals surface area contributed by atoms with Crippen LogP contribution in [0.15, 0.2) is 0 Å². The number of hydrogen-bond donors (Lipinski definition) is 1. The molecule has 82 valence electrons. The van der Waals surface area contributed by atoms with Gasteiger partial charge >= 0.3 is 0 Å². The lowest BCUT2D eigenvalue weighted by Crippen LogP contribution is -2.26. The van der Waals surface area contributed by atoms with Crippen molar-refractivity contribution in [1.82, 2.24) is 15.3 Å². The lowest BCUT2D eigenvalue weighted by Gasteiger charge is -2.19. The van der Waals surface area contributed by atoms with Crippen LogP contribution in [-0.2, 0) is 19.4 Å². The molecule has 2 rings (SSSR count). The highest BCUT2D eigenvalue weighted by molar-refractivity contribution is 5.33. The first-order valence-corrected chi connectivity index (χ1v) is 5.57. The molecule has 0 amide bonds. The summed E-state index contributed by atoms with van der Waals surface area (Å²) in [5, 5.41) is 3.32. The van der Waals surface area contributed by atoms with Gasteiger partial charge in [0.25, 0.3) is 0 Å². The van der Waals surface area contributed by atoms with Crippen molar-refractivity contribution in [3.63, 3.8) is 0 Å². The highest BCUT2D eigenvalue weighted by atomic mass is 16.5. The van der Waals surface area contributed by atoms with Crippen molar-refractivity contribution in [2.45, 2.75) is 33.2 Å². The Hall–Kier alpha value is -1.16. The minimum absolute atomic E-state index is 0.659. The fraction of sp³-hybridized carbons (Fsp3) is 0.636. The van der Waals surface area contributed by atoms with Crippen LogP contribution in [0.2, 0.25) is 0 Å². The molecular formula is C11H17N3O. The van der Waals surface area contributed by atoms with Gasteiger partial charge in [0.15, 0.2) is 0 Å². The molecule has 2 heterocycles. The molecule has 1 N–H and O–H groups in total. The Kier molecular flexibility index (Phi) is 3.16. The highest BCUT2D eigenvalue weighted by Gasteiger charge is 2.17. The molecule has 1 aliphatic rings. The summed E-state index contributed by atoms with van der Waals surface area (Å²) < 4.78 is 5.56. The van der Waals surface area contributed by atoms with Crippen LogP contribution in [0.3, 0.4) is 0 Å². The Morgan fingerprint density at radius 3 is 2.93 bits per heavy atom. The average Bonchev–Trinajstić information content (AvgIpc) is 2.29. The lowest BCUT2D eigenvalue weighted by atomic mass is 10.1. The van der Waals surface area contributed by atoms with Crippen LogP contribution < -0.4 is 10.1 Å². The van der Waals surface area contributed by atoms with E-state index < -0.39 is 0 Å². The quantitative estimate of drug-likeness (QED) is 0.805. The standard InChI is InChI=1S/C11H17N3O/c1-3-10-13-9-5-6-12-7-8(9)11(14-10)15-4-2/h12H,3-7H2,1-2H3. The second-order valence-electron chi connectivity index (χ2n) is 3.58. The molecule has 4 nitrogen and oxygen atoms in total. The van der Waals surface area contributed by atoms with Crippen molar-refractivity contribution in [2.75, 3.05) is 13.2 Å². The number of fused-ring (bicyclic) bond motifs is 1. The molecule has 4 heteroatoms. The van der Waals surface area contributed by atoms with Gasteiger partial charge in [0.05, 0.1) is 12.3 Å². The number of nitrogens with one attached hydrogen (secondary N) is 1. The van der Waals surface area contributed by atoms with Crippen LogP contribution in [0.5, 0.6) is 5.88 Å². The third-order valence-electron chi connectivity index (χ3n) is 2.54. The number of aromatic nitrogens is 2. The summed E-state index contributed by atoms with van der Waals surface area (Å²) >= 11 is 0. The Bertz CT molecular complexity index is 352. The summed E-state index contributed by atoms with van der Waals surface area (Å²) in [6.07, 6.45) is 1.84. The lowest BCUT2D eigenvalue weighted by molar-refractivity contribution is 0.317. The Labute approximate surface area is 90.1 Å². The molecule has 15 heavy (non-hydrogen) atoms. The maximum absolute atomic E-state index is 5.56. The molecule has 0 bridgehead atoms. The van der Waals surface area contributed by atoms with E-state index in [1.807, 2.05) is 6.92 Å². The molecule has 1 aliphatic heterocycles. The molecule has 1 aromatic heterocycles. The second kappa shape index (κ2) is 4.57. The predicted octanol–water partition coefficient (Wildman–Crippen LogP) is 1.08. The van der Waals surface area contributed by atoms with Gasteiger partial charge < -0.3 is 10.1 Å². The summed E-state index contributed by atoms with van der Waals surface area (Å²) in [6, 6.07) is 0. The number of nitrogens with zero attached hydrogens (tertiary/aromatic N) is 2. The number of rotatable bonds is 3. The van der Waals surface area contributed by atoms with Crippen molar-refractivity contribution in [3.05, 3.63) is 17.1 Å². The topological polar surface area (TPSA) is 47.0 Å². The maximum atomic E-state index is 5.56. The van der Waals surface area contributed by atoms with E-state index in [2.05, 4.69) is 22.2 Å². The molecule has 0 radical (unpaired) electrons. The van der Waals surface area contributed by atoms with Gasteiger partial charge in [-0.2, -0.15) is 4.98 Å². The summed E-state index contributed by atoms with van der Waals surface area (Å²) in [6.45, 7) is 6.54. The molecule has 1 aromatic rings. The molecule has 0 atom stereocenters. The van der Waals surface area contributed by atoms with Gasteiger partial charge in [0, 0.05) is 31.5 Å². The molecule has 0 saturated heterocycles. The zero-order valence-corrected chi connectivity index (χ0v) is 9.34. The third kappa shape index (κ3) is 2.09. The Morgan fingerprint density at radius 1 is 1.33 bits per heavy atom. The van der Waals surface area contributed by atoms with E-state index in [1.54, 1.807) is 0 Å². The van der Waals surface area contributed by atoms with E-state index in [-0.39, 0.29) is 0 Å². The van der Waals surface area contributed by atoms with E-state index in [0.29, 0.717) is 6.61 Å². The van der Waals surface area contributed by atoms with Gasteiger partial charge in [-0.3, -0.25) is 0 Å². The van der Waals surface area contributed by atoms with Crippen molar-refractivity contribution in [2.24, 2.45) is 0 Å². The molecule has 0 saturated carbocycles. The van der Waals surface area contributed by atoms with E-state index in [4.69, 9.17) is 4.74 Å². The van der Waals surface area contributed by atoms with Crippen LogP contribution in [0.1, 0.15) is 30.9 Å². The largest absolute Gasteiger partial charge is 0.478 e. The maximum Gasteiger partial charge on any atom is 0.221 e. The Balaban J connectivity index is 2.41. The predicted molar refractivity (Wildman–Crippen MR) is 58.0 cm³/mol. The van der Waals surface area contributed by atoms with Gasteiger partial charge in [-0.05, 0) is 6.92 Å². The Morgan fingerprint density at radius 2 is 2.20 bits per heavy atom. The second-order valence-corrected chi connectivity index (χ2v) is 3.58. The van der Waals surface area contributed by atoms with Crippen LogP contribution in [0.25, 0.3) is 0 Å². The first kappa shape index (κ1) is 10.4. The molecule has 0 spiro atoms. The average molecular weight is 207 g/mol. The van der Waals surface area contributed by atoms with Crippen LogP contribution in [0.4, 0.5) is 0 Å². The number of hydrogen-bond acceptors (Lipinski definition) is 4. The van der Waals surface area contributed by atoms with E-state index in [1.165, 1.54) is 0 Å². The zero-order chi connectivity index (χ0) is 10.7. The molecule has 0 fully saturated rings. The molecule has 0 unspecified atom stereocenters. The minimum atomic E-state index is 0.659. The number of ether oxygens (including phenoxy) is 1. The first-order valence-electron chi connectivity index (χ1n) is 5.57. The fourth-order valence-corrected chi connectivity index (χ4v) is 1.78. The van der Waals surface area contributed by atoms with Gasteiger partial charge in [-0.25, -0.2) is 4.98 Å². The van der Waals surface area contributed by atoms with Crippen molar-refractivity contribution < 1.29 is 4.74 Å². The van der Waals surface area contributed by atoms with Crippen molar-refractivity contribution in [3.8, 4) is 5.88 Å². The van der Waals surface area contributed by atoms with Gasteiger partial charge in [-0.1, -0.05) is 6.92 Å². The normalized spacial score (nSPS) is 14.8. The fourth-order valence-electron chi connectivity index (χ4n) is 1.78. The first-order chi connectivity index (χ1) is 7.35. The molecular weight excluding hydrogens is 190 g/mol. The summed E-state index contributed by atoms with van der Waals surface area (Å²) in [5.41, 5.74) is 2.30. The van der Waals surface area contributed by atoms with Crippen LogP contribution >= 0.6 is 0 Å². The highest BCUT2D eigenvalue weighted by Crippen LogP contribution is 2.22. The SMILES string of the molecule is CCOc1nc(CC)nc2c1CNCC2. The van der Waals surface area contributed by atoms with Gasteiger partial charge in [0.2, 0.25) is 5.88 Å². The van der Waals surface area contributed by atoms with Crippen molar-refractivity contribution >= 4 is 0 Å². The summed E-state index contributed by atoms with van der Waals surface area (Å²) in [5.74, 6) is 1.66. The smallest absolute Gasteiger partial charge is 0.221 e. The van der Waals surface area contributed by atoms with Crippen LogP contribution in [-0.4, -0.2) is 23.1 Å². The minimum Gasteiger partial charge on any atom is -0.478 e. The monoisotopic (exact) mass is 207 g/mol. The van der Waals surface area contributed by atoms with E-state index in [9.17, 15) is 0 Å². The van der Waals surface area contributed by atoms with Crippen LogP contribution in [0, 0.1) is 0 Å². The summed E-state index contributed by atoms with van der Waals surface area (Å²) in [4.78, 5) is 8.96. The van der Waals surface area contributed by atoms with Gasteiger partial charge in [-0.15, -0.1) is 0 Å². The zero-order valence-electron chi connectivity index (χ0n) is 9.34. The molecule has 0 aliphatic carbocycles. The van der Waals surface area contributed by atoms with Gasteiger partial charge in [0.1, 0.15) is 5.82 Å². The molecule has 0 aromatic carbocycles. The van der Waals surface area contributed by atoms with E-state index in [0.717, 1.165) is 48.9 Å². The number of aryl methyl sites for hydroxylation is 1. The van der Waals surface area contributed by atoms with E-state index >= 15 is 0 Å². The third-order valence-corrected chi connectivity index (χ3v) is 2.54. The van der Waals surface area contributed by atoms with Crippen molar-refractivity contribution in [1.29, 1.82) is 0 Å².